The van der Waals surface area contributed by atoms with E-state index in [1.807, 2.05) is 0 Å². The SMILES string of the molecule is COc1c(F)c(F)cc(C(=O)Oc2ccccc2)c1F. The van der Waals surface area contributed by atoms with Crippen LogP contribution >= 0.6 is 0 Å². The molecule has 0 amide bonds. The average molecular weight is 282 g/mol. The summed E-state index contributed by atoms with van der Waals surface area (Å²) in [5.41, 5.74) is -0.746. The first-order valence-corrected chi connectivity index (χ1v) is 5.53. The fourth-order valence-corrected chi connectivity index (χ4v) is 1.56. The van der Waals surface area contributed by atoms with Gasteiger partial charge >= 0.3 is 5.97 Å². The first-order chi connectivity index (χ1) is 9.54. The van der Waals surface area contributed by atoms with Crippen molar-refractivity contribution in [1.29, 1.82) is 0 Å². The highest BCUT2D eigenvalue weighted by molar-refractivity contribution is 5.92. The molecule has 2 aromatic rings. The number of carbonyl (C=O) groups excluding carboxylic acids is 1. The summed E-state index contributed by atoms with van der Waals surface area (Å²) in [5, 5.41) is 0. The molecule has 104 valence electrons. The number of hydrogen-bond acceptors (Lipinski definition) is 3. The zero-order valence-corrected chi connectivity index (χ0v) is 10.3. The molecule has 0 unspecified atom stereocenters. The Balaban J connectivity index is 2.38. The van der Waals surface area contributed by atoms with Crippen molar-refractivity contribution in [3.8, 4) is 11.5 Å². The molecule has 20 heavy (non-hydrogen) atoms. The molecule has 2 aromatic carbocycles. The summed E-state index contributed by atoms with van der Waals surface area (Å²) >= 11 is 0. The quantitative estimate of drug-likeness (QED) is 0.492. The molecule has 0 heterocycles. The van der Waals surface area contributed by atoms with Gasteiger partial charge in [0, 0.05) is 0 Å². The lowest BCUT2D eigenvalue weighted by atomic mass is 10.2. The van der Waals surface area contributed by atoms with E-state index in [9.17, 15) is 18.0 Å². The summed E-state index contributed by atoms with van der Waals surface area (Å²) in [4.78, 5) is 11.8. The molecule has 0 bridgehead atoms. The predicted molar refractivity (Wildman–Crippen MR) is 64.3 cm³/mol. The second kappa shape index (κ2) is 5.64. The van der Waals surface area contributed by atoms with E-state index in [-0.39, 0.29) is 5.75 Å². The zero-order chi connectivity index (χ0) is 14.7. The van der Waals surface area contributed by atoms with Crippen LogP contribution in [-0.2, 0) is 0 Å². The average Bonchev–Trinajstić information content (AvgIpc) is 2.44. The minimum absolute atomic E-state index is 0.153. The highest BCUT2D eigenvalue weighted by Crippen LogP contribution is 2.27. The van der Waals surface area contributed by atoms with E-state index in [0.717, 1.165) is 7.11 Å². The summed E-state index contributed by atoms with van der Waals surface area (Å²) in [5.74, 6) is -6.17. The fraction of sp³-hybridized carbons (Fsp3) is 0.0714. The van der Waals surface area contributed by atoms with E-state index in [1.165, 1.54) is 12.1 Å². The molecule has 0 saturated heterocycles. The van der Waals surface area contributed by atoms with Gasteiger partial charge in [0.05, 0.1) is 7.11 Å². The highest BCUT2D eigenvalue weighted by Gasteiger charge is 2.24. The van der Waals surface area contributed by atoms with Gasteiger partial charge in [-0.1, -0.05) is 18.2 Å². The van der Waals surface area contributed by atoms with Crippen LogP contribution in [0.25, 0.3) is 0 Å². The summed E-state index contributed by atoms with van der Waals surface area (Å²) in [7, 11) is 0.966. The summed E-state index contributed by atoms with van der Waals surface area (Å²) in [6, 6.07) is 8.26. The van der Waals surface area contributed by atoms with Crippen LogP contribution in [-0.4, -0.2) is 13.1 Å². The molecule has 0 aliphatic carbocycles. The van der Waals surface area contributed by atoms with E-state index < -0.39 is 34.7 Å². The number of carbonyl (C=O) groups is 1. The molecule has 0 N–H and O–H groups in total. The largest absolute Gasteiger partial charge is 0.491 e. The normalized spacial score (nSPS) is 10.2. The van der Waals surface area contributed by atoms with Crippen LogP contribution in [0.5, 0.6) is 11.5 Å². The van der Waals surface area contributed by atoms with Crippen LogP contribution in [0.15, 0.2) is 36.4 Å². The maximum Gasteiger partial charge on any atom is 0.346 e. The van der Waals surface area contributed by atoms with Crippen LogP contribution < -0.4 is 9.47 Å². The number of halogens is 3. The van der Waals surface area contributed by atoms with Crippen molar-refractivity contribution >= 4 is 5.97 Å². The number of para-hydroxylation sites is 1. The molecular weight excluding hydrogens is 273 g/mol. The Kier molecular flexibility index (Phi) is 3.93. The number of methoxy groups -OCH3 is 1. The van der Waals surface area contributed by atoms with Crippen molar-refractivity contribution in [1.82, 2.24) is 0 Å². The molecule has 0 spiro atoms. The lowest BCUT2D eigenvalue weighted by Crippen LogP contribution is -2.13. The second-order valence-electron chi connectivity index (χ2n) is 3.77. The molecule has 3 nitrogen and oxygen atoms in total. The third-order valence-electron chi connectivity index (χ3n) is 2.49. The van der Waals surface area contributed by atoms with Crippen molar-refractivity contribution in [3.63, 3.8) is 0 Å². The lowest BCUT2D eigenvalue weighted by Gasteiger charge is -2.09. The van der Waals surface area contributed by atoms with Crippen LogP contribution in [0.1, 0.15) is 10.4 Å². The minimum atomic E-state index is -1.50. The molecule has 0 aliphatic rings. The molecule has 6 heteroatoms. The number of rotatable bonds is 3. The van der Waals surface area contributed by atoms with Gasteiger partial charge in [-0.2, -0.15) is 4.39 Å². The van der Waals surface area contributed by atoms with Gasteiger partial charge in [0.2, 0.25) is 5.82 Å². The Morgan fingerprint density at radius 1 is 1.05 bits per heavy atom. The monoisotopic (exact) mass is 282 g/mol. The molecule has 0 aromatic heterocycles. The molecule has 0 atom stereocenters. The third-order valence-corrected chi connectivity index (χ3v) is 2.49. The van der Waals surface area contributed by atoms with E-state index >= 15 is 0 Å². The Hall–Kier alpha value is -2.50. The van der Waals surface area contributed by atoms with Gasteiger partial charge in [-0.05, 0) is 18.2 Å². The van der Waals surface area contributed by atoms with Gasteiger partial charge in [-0.15, -0.1) is 0 Å². The van der Waals surface area contributed by atoms with E-state index in [1.54, 1.807) is 18.2 Å². The molecular formula is C14H9F3O3. The number of esters is 1. The van der Waals surface area contributed by atoms with Crippen LogP contribution in [0, 0.1) is 17.5 Å². The van der Waals surface area contributed by atoms with Crippen LogP contribution in [0.2, 0.25) is 0 Å². The van der Waals surface area contributed by atoms with Crippen molar-refractivity contribution in [2.75, 3.05) is 7.11 Å². The van der Waals surface area contributed by atoms with E-state index in [2.05, 4.69) is 4.74 Å². The van der Waals surface area contributed by atoms with E-state index in [4.69, 9.17) is 4.74 Å². The fourth-order valence-electron chi connectivity index (χ4n) is 1.56. The van der Waals surface area contributed by atoms with Gasteiger partial charge < -0.3 is 9.47 Å². The summed E-state index contributed by atoms with van der Waals surface area (Å²) < 4.78 is 49.6. The third kappa shape index (κ3) is 2.59. The topological polar surface area (TPSA) is 35.5 Å². The first-order valence-electron chi connectivity index (χ1n) is 5.53. The van der Waals surface area contributed by atoms with Crippen molar-refractivity contribution in [2.24, 2.45) is 0 Å². The smallest absolute Gasteiger partial charge is 0.346 e. The minimum Gasteiger partial charge on any atom is -0.491 e. The van der Waals surface area contributed by atoms with Gasteiger partial charge in [-0.3, -0.25) is 0 Å². The molecule has 0 aliphatic heterocycles. The lowest BCUT2D eigenvalue weighted by molar-refractivity contribution is 0.0728. The Morgan fingerprint density at radius 3 is 2.30 bits per heavy atom. The Morgan fingerprint density at radius 2 is 1.70 bits per heavy atom. The van der Waals surface area contributed by atoms with Gasteiger partial charge in [0.15, 0.2) is 17.4 Å². The highest BCUT2D eigenvalue weighted by atomic mass is 19.2. The number of ether oxygens (including phenoxy) is 2. The Labute approximate surface area is 112 Å². The number of benzene rings is 2. The second-order valence-corrected chi connectivity index (χ2v) is 3.77. The standard InChI is InChI=1S/C14H9F3O3/c1-19-13-11(16)9(7-10(15)12(13)17)14(18)20-8-5-3-2-4-6-8/h2-7H,1H3. The van der Waals surface area contributed by atoms with Crippen molar-refractivity contribution < 1.29 is 27.4 Å². The van der Waals surface area contributed by atoms with Gasteiger partial charge in [0.1, 0.15) is 11.3 Å². The predicted octanol–water partition coefficient (Wildman–Crippen LogP) is 3.33. The van der Waals surface area contributed by atoms with Crippen molar-refractivity contribution in [2.45, 2.75) is 0 Å². The van der Waals surface area contributed by atoms with Crippen molar-refractivity contribution in [3.05, 3.63) is 59.4 Å². The van der Waals surface area contributed by atoms with Crippen LogP contribution in [0.4, 0.5) is 13.2 Å². The maximum atomic E-state index is 13.8. The summed E-state index contributed by atoms with van der Waals surface area (Å²) in [6.45, 7) is 0. The molecule has 2 rings (SSSR count). The van der Waals surface area contributed by atoms with Gasteiger partial charge in [-0.25, -0.2) is 13.6 Å². The summed E-state index contributed by atoms with van der Waals surface area (Å²) in [6.07, 6.45) is 0. The maximum absolute atomic E-state index is 13.8. The van der Waals surface area contributed by atoms with Crippen LogP contribution in [0.3, 0.4) is 0 Å². The Bertz CT molecular complexity index is 642. The van der Waals surface area contributed by atoms with Gasteiger partial charge in [0.25, 0.3) is 0 Å². The molecule has 0 saturated carbocycles. The first kappa shape index (κ1) is 13.9. The zero-order valence-electron chi connectivity index (χ0n) is 10.3. The molecule has 0 radical (unpaired) electrons. The molecule has 0 fully saturated rings. The number of hydrogen-bond donors (Lipinski definition) is 0. The van der Waals surface area contributed by atoms with E-state index in [0.29, 0.717) is 6.07 Å².